The maximum atomic E-state index is 13.4. The molecule has 38 heavy (non-hydrogen) atoms. The molecule has 0 saturated carbocycles. The standard InChI is InChI=1S/C29H34ClN5O3/c1-4-21(2)35(29(37)22-9-7-10-23(19-22)38-3)20-28(36)34-16-8-15-33(17-18-34)27-14-13-26(31-32-27)24-11-5-6-12-25(24)30/h5-7,9-14,19,21H,4,8,15-18,20H2,1-3H3. The highest BCUT2D eigenvalue weighted by Crippen LogP contribution is 2.26. The predicted octanol–water partition coefficient (Wildman–Crippen LogP) is 4.79. The lowest BCUT2D eigenvalue weighted by Gasteiger charge is -2.31. The second-order valence-corrected chi connectivity index (χ2v) is 9.81. The van der Waals surface area contributed by atoms with Crippen LogP contribution in [0.3, 0.4) is 0 Å². The van der Waals surface area contributed by atoms with Crippen molar-refractivity contribution in [3.8, 4) is 17.0 Å². The zero-order chi connectivity index (χ0) is 27.1. The third kappa shape index (κ3) is 6.42. The Morgan fingerprint density at radius 1 is 1.03 bits per heavy atom. The SMILES string of the molecule is CCC(C)N(CC(=O)N1CCCN(c2ccc(-c3ccccc3Cl)nn2)CC1)C(=O)c1cccc(OC)c1. The van der Waals surface area contributed by atoms with Crippen molar-refractivity contribution in [3.63, 3.8) is 0 Å². The highest BCUT2D eigenvalue weighted by molar-refractivity contribution is 6.33. The molecule has 1 atom stereocenters. The van der Waals surface area contributed by atoms with Crippen LogP contribution in [0.4, 0.5) is 5.82 Å². The summed E-state index contributed by atoms with van der Waals surface area (Å²) in [6.07, 6.45) is 1.55. The van der Waals surface area contributed by atoms with Crippen LogP contribution in [0, 0.1) is 0 Å². The van der Waals surface area contributed by atoms with Crippen LogP contribution in [0.5, 0.6) is 5.75 Å². The van der Waals surface area contributed by atoms with E-state index in [0.29, 0.717) is 36.0 Å². The molecule has 1 aromatic heterocycles. The molecule has 1 aliphatic heterocycles. The Kier molecular flexibility index (Phi) is 9.18. The van der Waals surface area contributed by atoms with Gasteiger partial charge in [-0.15, -0.1) is 10.2 Å². The number of ether oxygens (including phenoxy) is 1. The highest BCUT2D eigenvalue weighted by Gasteiger charge is 2.27. The molecule has 1 aliphatic rings. The molecule has 200 valence electrons. The first-order chi connectivity index (χ1) is 18.4. The number of carbonyl (C=O) groups excluding carboxylic acids is 2. The minimum atomic E-state index is -0.170. The van der Waals surface area contributed by atoms with Crippen LogP contribution in [0.2, 0.25) is 5.02 Å². The zero-order valence-electron chi connectivity index (χ0n) is 22.1. The van der Waals surface area contributed by atoms with Crippen LogP contribution in [0.15, 0.2) is 60.7 Å². The van der Waals surface area contributed by atoms with E-state index in [9.17, 15) is 9.59 Å². The number of methoxy groups -OCH3 is 1. The molecule has 0 radical (unpaired) electrons. The number of amides is 2. The fourth-order valence-corrected chi connectivity index (χ4v) is 4.75. The molecule has 0 spiro atoms. The lowest BCUT2D eigenvalue weighted by atomic mass is 10.1. The van der Waals surface area contributed by atoms with Gasteiger partial charge in [0.2, 0.25) is 5.91 Å². The quantitative estimate of drug-likeness (QED) is 0.413. The van der Waals surface area contributed by atoms with Gasteiger partial charge in [0, 0.05) is 43.3 Å². The topological polar surface area (TPSA) is 78.9 Å². The van der Waals surface area contributed by atoms with Gasteiger partial charge in [0.25, 0.3) is 5.91 Å². The van der Waals surface area contributed by atoms with Crippen molar-refractivity contribution in [1.29, 1.82) is 0 Å². The Balaban J connectivity index is 1.41. The van der Waals surface area contributed by atoms with Crippen LogP contribution < -0.4 is 9.64 Å². The van der Waals surface area contributed by atoms with Crippen molar-refractivity contribution < 1.29 is 14.3 Å². The van der Waals surface area contributed by atoms with Gasteiger partial charge in [-0.2, -0.15) is 0 Å². The summed E-state index contributed by atoms with van der Waals surface area (Å²) in [4.78, 5) is 32.4. The first-order valence-electron chi connectivity index (χ1n) is 13.0. The number of aromatic nitrogens is 2. The number of hydrogen-bond donors (Lipinski definition) is 0. The summed E-state index contributed by atoms with van der Waals surface area (Å²) in [5.74, 6) is 1.16. The van der Waals surface area contributed by atoms with Crippen molar-refractivity contribution in [1.82, 2.24) is 20.0 Å². The van der Waals surface area contributed by atoms with E-state index in [1.807, 2.05) is 55.1 Å². The normalized spacial score (nSPS) is 14.5. The van der Waals surface area contributed by atoms with E-state index >= 15 is 0 Å². The van der Waals surface area contributed by atoms with E-state index in [2.05, 4.69) is 15.1 Å². The van der Waals surface area contributed by atoms with Gasteiger partial charge in [-0.1, -0.05) is 42.8 Å². The first-order valence-corrected chi connectivity index (χ1v) is 13.4. The third-order valence-electron chi connectivity index (χ3n) is 6.98. The average Bonchev–Trinajstić information content (AvgIpc) is 3.22. The Bertz CT molecular complexity index is 1250. The van der Waals surface area contributed by atoms with Gasteiger partial charge < -0.3 is 19.4 Å². The fraction of sp³-hybridized carbons (Fsp3) is 0.379. The molecule has 1 fully saturated rings. The molecule has 0 aliphatic carbocycles. The van der Waals surface area contributed by atoms with E-state index in [1.54, 1.807) is 36.3 Å². The molecule has 9 heteroatoms. The molecule has 2 amide bonds. The fourth-order valence-electron chi connectivity index (χ4n) is 4.52. The number of benzene rings is 2. The maximum Gasteiger partial charge on any atom is 0.254 e. The number of carbonyl (C=O) groups is 2. The van der Waals surface area contributed by atoms with Gasteiger partial charge in [0.15, 0.2) is 5.82 Å². The summed E-state index contributed by atoms with van der Waals surface area (Å²) >= 11 is 6.30. The number of halogens is 1. The molecule has 0 bridgehead atoms. The van der Waals surface area contributed by atoms with Gasteiger partial charge >= 0.3 is 0 Å². The van der Waals surface area contributed by atoms with Crippen molar-refractivity contribution in [2.24, 2.45) is 0 Å². The Hall–Kier alpha value is -3.65. The van der Waals surface area contributed by atoms with Crippen LogP contribution in [0.25, 0.3) is 11.3 Å². The van der Waals surface area contributed by atoms with Gasteiger partial charge in [-0.3, -0.25) is 9.59 Å². The van der Waals surface area contributed by atoms with E-state index < -0.39 is 0 Å². The monoisotopic (exact) mass is 535 g/mol. The van der Waals surface area contributed by atoms with Crippen molar-refractivity contribution in [2.75, 3.05) is 44.7 Å². The third-order valence-corrected chi connectivity index (χ3v) is 7.31. The Morgan fingerprint density at radius 3 is 2.55 bits per heavy atom. The Morgan fingerprint density at radius 2 is 1.84 bits per heavy atom. The summed E-state index contributed by atoms with van der Waals surface area (Å²) < 4.78 is 5.28. The zero-order valence-corrected chi connectivity index (χ0v) is 22.9. The molecular weight excluding hydrogens is 502 g/mol. The molecule has 2 heterocycles. The molecule has 8 nitrogen and oxygen atoms in total. The van der Waals surface area contributed by atoms with Gasteiger partial charge in [0.05, 0.1) is 17.8 Å². The van der Waals surface area contributed by atoms with Gasteiger partial charge in [0.1, 0.15) is 12.3 Å². The van der Waals surface area contributed by atoms with E-state index in [-0.39, 0.29) is 24.4 Å². The second-order valence-electron chi connectivity index (χ2n) is 9.40. The summed E-state index contributed by atoms with van der Waals surface area (Å²) in [5.41, 5.74) is 2.07. The lowest BCUT2D eigenvalue weighted by Crippen LogP contribution is -2.47. The summed E-state index contributed by atoms with van der Waals surface area (Å²) in [5, 5.41) is 9.46. The van der Waals surface area contributed by atoms with Crippen molar-refractivity contribution >= 4 is 29.2 Å². The molecule has 2 aromatic carbocycles. The van der Waals surface area contributed by atoms with E-state index in [1.165, 1.54) is 0 Å². The predicted molar refractivity (Wildman–Crippen MR) is 150 cm³/mol. The van der Waals surface area contributed by atoms with Gasteiger partial charge in [-0.25, -0.2) is 0 Å². The molecule has 4 rings (SSSR count). The van der Waals surface area contributed by atoms with E-state index in [4.69, 9.17) is 16.3 Å². The highest BCUT2D eigenvalue weighted by atomic mass is 35.5. The first kappa shape index (κ1) is 27.4. The molecule has 1 saturated heterocycles. The number of anilines is 1. The second kappa shape index (κ2) is 12.7. The summed E-state index contributed by atoms with van der Waals surface area (Å²) in [6.45, 7) is 6.61. The average molecular weight is 536 g/mol. The summed E-state index contributed by atoms with van der Waals surface area (Å²) in [6, 6.07) is 18.4. The minimum Gasteiger partial charge on any atom is -0.497 e. The molecule has 0 N–H and O–H groups in total. The molecule has 1 unspecified atom stereocenters. The maximum absolute atomic E-state index is 13.4. The lowest BCUT2D eigenvalue weighted by molar-refractivity contribution is -0.132. The number of hydrogen-bond acceptors (Lipinski definition) is 6. The van der Waals surface area contributed by atoms with Crippen LogP contribution in [-0.4, -0.2) is 77.7 Å². The number of nitrogens with zero attached hydrogens (tertiary/aromatic N) is 5. The van der Waals surface area contributed by atoms with Gasteiger partial charge in [-0.05, 0) is 56.2 Å². The van der Waals surface area contributed by atoms with Crippen LogP contribution in [-0.2, 0) is 4.79 Å². The Labute approximate surface area is 229 Å². The smallest absolute Gasteiger partial charge is 0.254 e. The minimum absolute atomic E-state index is 0.0391. The van der Waals surface area contributed by atoms with Crippen LogP contribution in [0.1, 0.15) is 37.0 Å². The van der Waals surface area contributed by atoms with E-state index in [0.717, 1.165) is 36.5 Å². The van der Waals surface area contributed by atoms with Crippen molar-refractivity contribution in [2.45, 2.75) is 32.7 Å². The molecule has 3 aromatic rings. The molecular formula is C29H34ClN5O3. The largest absolute Gasteiger partial charge is 0.497 e. The van der Waals surface area contributed by atoms with Crippen LogP contribution >= 0.6 is 11.6 Å². The number of rotatable bonds is 8. The summed E-state index contributed by atoms with van der Waals surface area (Å²) in [7, 11) is 1.57. The van der Waals surface area contributed by atoms with Crippen molar-refractivity contribution in [3.05, 3.63) is 71.2 Å².